The Kier molecular flexibility index (Phi) is 4.68. The van der Waals surface area contributed by atoms with Crippen LogP contribution in [0.15, 0.2) is 24.3 Å². The van der Waals surface area contributed by atoms with Crippen molar-refractivity contribution in [3.63, 3.8) is 0 Å². The average Bonchev–Trinajstić information content (AvgIpc) is 2.44. The van der Waals surface area contributed by atoms with Crippen LogP contribution < -0.4 is 5.32 Å². The van der Waals surface area contributed by atoms with Crippen molar-refractivity contribution < 1.29 is 4.39 Å². The van der Waals surface area contributed by atoms with Crippen molar-refractivity contribution in [1.29, 1.82) is 0 Å². The predicted molar refractivity (Wildman–Crippen MR) is 78.5 cm³/mol. The van der Waals surface area contributed by atoms with Crippen LogP contribution in [0, 0.1) is 12.7 Å². The fourth-order valence-corrected chi connectivity index (χ4v) is 2.50. The van der Waals surface area contributed by atoms with E-state index in [4.69, 9.17) is 11.6 Å². The van der Waals surface area contributed by atoms with E-state index in [2.05, 4.69) is 15.5 Å². The number of rotatable bonds is 4. The molecule has 0 saturated heterocycles. The van der Waals surface area contributed by atoms with Crippen LogP contribution in [0.2, 0.25) is 5.02 Å². The lowest BCUT2D eigenvalue weighted by molar-refractivity contribution is 0.614. The zero-order valence-corrected chi connectivity index (χ0v) is 12.5. The fourth-order valence-electron chi connectivity index (χ4n) is 2.27. The first kappa shape index (κ1) is 14.9. The van der Waals surface area contributed by atoms with E-state index in [1.54, 1.807) is 6.07 Å². The maximum Gasteiger partial charge on any atom is 0.123 e. The van der Waals surface area contributed by atoms with Gasteiger partial charge in [0, 0.05) is 5.02 Å². The van der Waals surface area contributed by atoms with Crippen LogP contribution >= 0.6 is 11.6 Å². The molecule has 0 aliphatic heterocycles. The highest BCUT2D eigenvalue weighted by molar-refractivity contribution is 6.31. The first-order chi connectivity index (χ1) is 9.56. The quantitative estimate of drug-likeness (QED) is 0.938. The average molecular weight is 294 g/mol. The van der Waals surface area contributed by atoms with E-state index in [1.807, 2.05) is 27.0 Å². The van der Waals surface area contributed by atoms with Gasteiger partial charge in [-0.3, -0.25) is 0 Å². The minimum atomic E-state index is -0.304. The Bertz CT molecular complexity index is 616. The Morgan fingerprint density at radius 3 is 2.65 bits per heavy atom. The van der Waals surface area contributed by atoms with Gasteiger partial charge in [-0.2, -0.15) is 10.2 Å². The summed E-state index contributed by atoms with van der Waals surface area (Å²) in [6, 6.07) is 6.15. The van der Waals surface area contributed by atoms with Gasteiger partial charge < -0.3 is 5.32 Å². The number of benzene rings is 1. The topological polar surface area (TPSA) is 37.8 Å². The summed E-state index contributed by atoms with van der Waals surface area (Å²) in [6.07, 6.45) is 0.758. The first-order valence-corrected chi connectivity index (χ1v) is 6.90. The highest BCUT2D eigenvalue weighted by atomic mass is 35.5. The molecule has 2 rings (SSSR count). The van der Waals surface area contributed by atoms with Gasteiger partial charge in [0.25, 0.3) is 0 Å². The second kappa shape index (κ2) is 6.29. The fraction of sp³-hybridized carbons (Fsp3) is 0.333. The highest BCUT2D eigenvalue weighted by Gasteiger charge is 2.20. The molecule has 1 N–H and O–H groups in total. The molecule has 1 unspecified atom stereocenters. The largest absolute Gasteiger partial charge is 0.309 e. The summed E-state index contributed by atoms with van der Waals surface area (Å²) < 4.78 is 13.5. The lowest BCUT2D eigenvalue weighted by atomic mass is 9.96. The molecular weight excluding hydrogens is 277 g/mol. The van der Waals surface area contributed by atoms with Gasteiger partial charge in [-0.25, -0.2) is 4.39 Å². The molecule has 0 spiro atoms. The molecule has 106 valence electrons. The van der Waals surface area contributed by atoms with Crippen molar-refractivity contribution in [3.05, 3.63) is 57.6 Å². The second-order valence-electron chi connectivity index (χ2n) is 4.63. The molecule has 0 saturated carbocycles. The van der Waals surface area contributed by atoms with Gasteiger partial charge >= 0.3 is 0 Å². The summed E-state index contributed by atoms with van der Waals surface area (Å²) in [6.45, 7) is 3.90. The van der Waals surface area contributed by atoms with Gasteiger partial charge in [-0.1, -0.05) is 18.5 Å². The summed E-state index contributed by atoms with van der Waals surface area (Å²) in [5, 5.41) is 12.0. The van der Waals surface area contributed by atoms with Crippen LogP contribution in [-0.4, -0.2) is 17.2 Å². The monoisotopic (exact) mass is 293 g/mol. The van der Waals surface area contributed by atoms with Crippen molar-refractivity contribution in [1.82, 2.24) is 15.5 Å². The van der Waals surface area contributed by atoms with Crippen molar-refractivity contribution in [2.75, 3.05) is 7.05 Å². The molecule has 1 aromatic heterocycles. The van der Waals surface area contributed by atoms with E-state index in [9.17, 15) is 4.39 Å². The normalized spacial score (nSPS) is 12.4. The standard InChI is InChI=1S/C15H17ClFN3/c1-4-14-12(7-9(2)19-20-14)15(18-3)11-8-10(17)5-6-13(11)16/h5-8,15,18H,4H2,1-3H3. The third kappa shape index (κ3) is 2.97. The Hall–Kier alpha value is -1.52. The minimum Gasteiger partial charge on any atom is -0.309 e. The van der Waals surface area contributed by atoms with Gasteiger partial charge in [-0.15, -0.1) is 0 Å². The van der Waals surface area contributed by atoms with Crippen molar-refractivity contribution >= 4 is 11.6 Å². The molecule has 20 heavy (non-hydrogen) atoms. The molecule has 2 aromatic rings. The maximum atomic E-state index is 13.5. The van der Waals surface area contributed by atoms with Crippen LogP contribution in [0.1, 0.15) is 35.5 Å². The lowest BCUT2D eigenvalue weighted by Gasteiger charge is -2.21. The second-order valence-corrected chi connectivity index (χ2v) is 5.04. The third-order valence-electron chi connectivity index (χ3n) is 3.23. The van der Waals surface area contributed by atoms with Crippen LogP contribution in [0.4, 0.5) is 4.39 Å². The van der Waals surface area contributed by atoms with E-state index in [0.29, 0.717) is 10.6 Å². The molecule has 1 heterocycles. The Morgan fingerprint density at radius 2 is 2.00 bits per heavy atom. The first-order valence-electron chi connectivity index (χ1n) is 6.52. The van der Waals surface area contributed by atoms with Crippen LogP contribution in [-0.2, 0) is 6.42 Å². The van der Waals surface area contributed by atoms with Gasteiger partial charge in [0.2, 0.25) is 0 Å². The molecule has 0 amide bonds. The Morgan fingerprint density at radius 1 is 1.25 bits per heavy atom. The number of hydrogen-bond acceptors (Lipinski definition) is 3. The zero-order chi connectivity index (χ0) is 14.7. The number of aryl methyl sites for hydroxylation is 2. The minimum absolute atomic E-state index is 0.206. The number of nitrogens with one attached hydrogen (secondary N) is 1. The van der Waals surface area contributed by atoms with E-state index >= 15 is 0 Å². The lowest BCUT2D eigenvalue weighted by Crippen LogP contribution is -2.21. The van der Waals surface area contributed by atoms with Crippen molar-refractivity contribution in [2.45, 2.75) is 26.3 Å². The molecule has 0 radical (unpaired) electrons. The zero-order valence-electron chi connectivity index (χ0n) is 11.7. The van der Waals surface area contributed by atoms with E-state index in [1.165, 1.54) is 12.1 Å². The Balaban J connectivity index is 2.57. The number of aromatic nitrogens is 2. The maximum absolute atomic E-state index is 13.5. The SMILES string of the molecule is CCc1nnc(C)cc1C(NC)c1cc(F)ccc1Cl. The van der Waals surface area contributed by atoms with Crippen molar-refractivity contribution in [3.8, 4) is 0 Å². The third-order valence-corrected chi connectivity index (χ3v) is 3.57. The summed E-state index contributed by atoms with van der Waals surface area (Å²) in [7, 11) is 1.82. The number of halogens is 2. The molecular formula is C15H17ClFN3. The molecule has 1 atom stereocenters. The summed E-state index contributed by atoms with van der Waals surface area (Å²) in [5.74, 6) is -0.304. The van der Waals surface area contributed by atoms with E-state index in [-0.39, 0.29) is 11.9 Å². The summed E-state index contributed by atoms with van der Waals surface area (Å²) in [4.78, 5) is 0. The van der Waals surface area contributed by atoms with Crippen molar-refractivity contribution in [2.24, 2.45) is 0 Å². The number of nitrogens with zero attached hydrogens (tertiary/aromatic N) is 2. The van der Waals surface area contributed by atoms with Gasteiger partial charge in [0.1, 0.15) is 5.82 Å². The molecule has 5 heteroatoms. The van der Waals surface area contributed by atoms with Gasteiger partial charge in [-0.05, 0) is 55.8 Å². The molecule has 1 aromatic carbocycles. The Labute approximate surface area is 123 Å². The highest BCUT2D eigenvalue weighted by Crippen LogP contribution is 2.30. The van der Waals surface area contributed by atoms with Crippen LogP contribution in [0.5, 0.6) is 0 Å². The summed E-state index contributed by atoms with van der Waals surface area (Å²) in [5.41, 5.74) is 3.39. The summed E-state index contributed by atoms with van der Waals surface area (Å²) >= 11 is 6.21. The molecule has 0 aliphatic carbocycles. The molecule has 3 nitrogen and oxygen atoms in total. The molecule has 0 aliphatic rings. The van der Waals surface area contributed by atoms with Crippen LogP contribution in [0.25, 0.3) is 0 Å². The van der Waals surface area contributed by atoms with Crippen LogP contribution in [0.3, 0.4) is 0 Å². The predicted octanol–water partition coefficient (Wildman–Crippen LogP) is 3.45. The van der Waals surface area contributed by atoms with E-state index in [0.717, 1.165) is 23.4 Å². The van der Waals surface area contributed by atoms with Gasteiger partial charge in [0.05, 0.1) is 17.4 Å². The van der Waals surface area contributed by atoms with Gasteiger partial charge in [0.15, 0.2) is 0 Å². The number of hydrogen-bond donors (Lipinski definition) is 1. The molecule has 0 bridgehead atoms. The van der Waals surface area contributed by atoms with E-state index < -0.39 is 0 Å². The molecule has 0 fully saturated rings. The smallest absolute Gasteiger partial charge is 0.123 e.